The maximum atomic E-state index is 10.4. The van der Waals surface area contributed by atoms with Crippen LogP contribution in [0.4, 0.5) is 0 Å². The van der Waals surface area contributed by atoms with Gasteiger partial charge in [0.1, 0.15) is 11.5 Å². The van der Waals surface area contributed by atoms with Gasteiger partial charge < -0.3 is 10.2 Å². The Bertz CT molecular complexity index is 1590. The molecule has 306 valence electrons. The van der Waals surface area contributed by atoms with E-state index < -0.39 is 0 Å². The molecule has 0 aliphatic rings. The highest BCUT2D eigenvalue weighted by molar-refractivity contribution is 5.51. The van der Waals surface area contributed by atoms with Crippen LogP contribution < -0.4 is 0 Å². The summed E-state index contributed by atoms with van der Waals surface area (Å²) in [5, 5.41) is 20.6. The molecule has 0 saturated heterocycles. The van der Waals surface area contributed by atoms with Gasteiger partial charge in [-0.3, -0.25) is 0 Å². The van der Waals surface area contributed by atoms with Crippen LogP contribution in [-0.2, 0) is 6.42 Å². The molecule has 2 N–H and O–H groups in total. The first-order valence-electron chi connectivity index (χ1n) is 21.5. The van der Waals surface area contributed by atoms with Crippen molar-refractivity contribution in [1.82, 2.24) is 0 Å². The molecule has 0 fully saturated rings. The minimum absolute atomic E-state index is 0.255. The minimum atomic E-state index is 0.255. The zero-order valence-corrected chi connectivity index (χ0v) is 37.7. The average molecular weight is 751 g/mol. The molecular weight excluding hydrogens is 669 g/mol. The van der Waals surface area contributed by atoms with E-state index in [0.29, 0.717) is 12.2 Å². The van der Waals surface area contributed by atoms with Crippen molar-refractivity contribution in [2.75, 3.05) is 0 Å². The van der Waals surface area contributed by atoms with Gasteiger partial charge in [0, 0.05) is 5.56 Å². The first-order chi connectivity index (χ1) is 26.1. The third kappa shape index (κ3) is 24.6. The van der Waals surface area contributed by atoms with Crippen molar-refractivity contribution in [2.45, 2.75) is 192 Å². The maximum Gasteiger partial charge on any atom is 0.122 e. The number of hydrogen-bond donors (Lipinski definition) is 2. The molecule has 55 heavy (non-hydrogen) atoms. The molecule has 0 amide bonds. The minimum Gasteiger partial charge on any atom is -0.508 e. The summed E-state index contributed by atoms with van der Waals surface area (Å²) in [6, 6.07) is 1.69. The van der Waals surface area contributed by atoms with E-state index in [9.17, 15) is 10.2 Å². The van der Waals surface area contributed by atoms with Crippen LogP contribution in [0.15, 0.2) is 111 Å². The maximum absolute atomic E-state index is 10.4. The van der Waals surface area contributed by atoms with Crippen LogP contribution in [0.5, 0.6) is 11.5 Å². The zero-order chi connectivity index (χ0) is 41.2. The van der Waals surface area contributed by atoms with Crippen molar-refractivity contribution in [3.8, 4) is 11.5 Å². The molecule has 0 aromatic heterocycles. The largest absolute Gasteiger partial charge is 0.508 e. The number of hydrogen-bond acceptors (Lipinski definition) is 2. The predicted octanol–water partition coefficient (Wildman–Crippen LogP) is 17.0. The lowest BCUT2D eigenvalue weighted by atomic mass is 9.99. The van der Waals surface area contributed by atoms with Crippen LogP contribution in [0.1, 0.15) is 189 Å². The van der Waals surface area contributed by atoms with E-state index in [4.69, 9.17) is 0 Å². The van der Waals surface area contributed by atoms with Gasteiger partial charge in [0.25, 0.3) is 0 Å². The summed E-state index contributed by atoms with van der Waals surface area (Å²) >= 11 is 0. The number of rotatable bonds is 26. The van der Waals surface area contributed by atoms with E-state index in [1.165, 1.54) is 69.4 Å². The van der Waals surface area contributed by atoms with E-state index >= 15 is 0 Å². The lowest BCUT2D eigenvalue weighted by Crippen LogP contribution is -1.91. The molecule has 1 aromatic rings. The molecule has 0 heterocycles. The number of aromatic hydroxyl groups is 2. The Kier molecular flexibility index (Phi) is 25.9. The predicted molar refractivity (Wildman–Crippen MR) is 246 cm³/mol. The summed E-state index contributed by atoms with van der Waals surface area (Å²) in [5.74, 6) is 0.554. The highest BCUT2D eigenvalue weighted by Gasteiger charge is 2.10. The van der Waals surface area contributed by atoms with Crippen molar-refractivity contribution in [2.24, 2.45) is 0 Å². The second kappa shape index (κ2) is 28.8. The molecule has 0 aliphatic heterocycles. The van der Waals surface area contributed by atoms with E-state index in [1.807, 2.05) is 13.8 Å². The fraction of sp³-hybridized carbons (Fsp3) is 0.547. The SMILES string of the molecule is CC(C)=CCC/C(C)=C/CC/C(C)=C/CC/C(C)=C/CC/C(C)=C\CC/C(C)=C/CC/C(C)=C/CC/C(C)=C\CC/C(C)=C/Cc1cc(O)c(C)c(C)c1O. The third-order valence-corrected chi connectivity index (χ3v) is 10.9. The summed E-state index contributed by atoms with van der Waals surface area (Å²) in [4.78, 5) is 0. The van der Waals surface area contributed by atoms with Gasteiger partial charge in [-0.15, -0.1) is 0 Å². The third-order valence-electron chi connectivity index (χ3n) is 10.9. The van der Waals surface area contributed by atoms with Crippen LogP contribution in [0.25, 0.3) is 0 Å². The molecule has 0 spiro atoms. The molecule has 2 nitrogen and oxygen atoms in total. The number of allylic oxidation sites excluding steroid dienone is 18. The van der Waals surface area contributed by atoms with Crippen LogP contribution in [0.2, 0.25) is 0 Å². The lowest BCUT2D eigenvalue weighted by molar-refractivity contribution is 0.448. The molecule has 0 bridgehead atoms. The van der Waals surface area contributed by atoms with E-state index in [1.54, 1.807) is 6.07 Å². The van der Waals surface area contributed by atoms with Gasteiger partial charge in [0.15, 0.2) is 0 Å². The molecule has 1 rings (SSSR count). The first kappa shape index (κ1) is 49.5. The molecule has 0 atom stereocenters. The Balaban J connectivity index is 2.28. The van der Waals surface area contributed by atoms with Crippen molar-refractivity contribution in [3.05, 3.63) is 128 Å². The van der Waals surface area contributed by atoms with Gasteiger partial charge in [-0.2, -0.15) is 0 Å². The summed E-state index contributed by atoms with van der Waals surface area (Å²) < 4.78 is 0. The van der Waals surface area contributed by atoms with E-state index in [2.05, 4.69) is 124 Å². The van der Waals surface area contributed by atoms with Crippen LogP contribution in [0, 0.1) is 13.8 Å². The van der Waals surface area contributed by atoms with Gasteiger partial charge in [0.2, 0.25) is 0 Å². The highest BCUT2D eigenvalue weighted by atomic mass is 16.3. The highest BCUT2D eigenvalue weighted by Crippen LogP contribution is 2.32. The van der Waals surface area contributed by atoms with E-state index in [-0.39, 0.29) is 5.75 Å². The standard InChI is InChI=1S/C53H82O2/c1-40(2)21-13-22-41(3)23-14-24-42(4)25-15-26-43(5)27-16-28-44(6)29-17-30-45(7)31-18-32-46(8)33-19-34-47(9)35-20-36-48(10)37-38-51-39-52(54)49(11)50(12)53(51)55/h21,23,25,27,29,31,33,35,37,39,54-55H,13-20,22,24,26,28,30,32,34,36,38H2,1-12H3/b41-23+,42-25+,43-27+,44-29-,45-31+,46-33+,47-35-,48-37+. The molecule has 1 aromatic carbocycles. The first-order valence-corrected chi connectivity index (χ1v) is 21.5. The number of phenolic OH excluding ortho intramolecular Hbond substituents is 2. The summed E-state index contributed by atoms with van der Waals surface area (Å²) in [7, 11) is 0. The van der Waals surface area contributed by atoms with Gasteiger partial charge in [-0.25, -0.2) is 0 Å². The molecule has 0 unspecified atom stereocenters. The molecule has 0 aliphatic carbocycles. The summed E-state index contributed by atoms with van der Waals surface area (Å²) in [5.41, 5.74) is 15.5. The van der Waals surface area contributed by atoms with Crippen molar-refractivity contribution >= 4 is 0 Å². The fourth-order valence-corrected chi connectivity index (χ4v) is 6.62. The normalized spacial score (nSPS) is 14.3. The monoisotopic (exact) mass is 751 g/mol. The fourth-order valence-electron chi connectivity index (χ4n) is 6.62. The Morgan fingerprint density at radius 3 is 0.909 bits per heavy atom. The number of benzene rings is 1. The Hall–Kier alpha value is -3.52. The Morgan fingerprint density at radius 1 is 0.382 bits per heavy atom. The Morgan fingerprint density at radius 2 is 0.636 bits per heavy atom. The van der Waals surface area contributed by atoms with Gasteiger partial charge >= 0.3 is 0 Å². The van der Waals surface area contributed by atoms with Crippen LogP contribution in [0.3, 0.4) is 0 Å². The quantitative estimate of drug-likeness (QED) is 0.0731. The second-order valence-electron chi connectivity index (χ2n) is 16.9. The summed E-state index contributed by atoms with van der Waals surface area (Å²) in [6.07, 6.45) is 40.3. The van der Waals surface area contributed by atoms with Gasteiger partial charge in [0.05, 0.1) is 0 Å². The Labute approximate surface area is 340 Å². The summed E-state index contributed by atoms with van der Waals surface area (Å²) in [6.45, 7) is 26.2. The van der Waals surface area contributed by atoms with Gasteiger partial charge in [-0.1, -0.05) is 105 Å². The number of phenols is 2. The van der Waals surface area contributed by atoms with Crippen LogP contribution >= 0.6 is 0 Å². The van der Waals surface area contributed by atoms with E-state index in [0.717, 1.165) is 100 Å². The zero-order valence-electron chi connectivity index (χ0n) is 37.7. The smallest absolute Gasteiger partial charge is 0.122 e. The molecule has 0 radical (unpaired) electrons. The van der Waals surface area contributed by atoms with Crippen molar-refractivity contribution < 1.29 is 10.2 Å². The van der Waals surface area contributed by atoms with Crippen molar-refractivity contribution in [1.29, 1.82) is 0 Å². The van der Waals surface area contributed by atoms with Crippen molar-refractivity contribution in [3.63, 3.8) is 0 Å². The molecular formula is C53H82O2. The second-order valence-corrected chi connectivity index (χ2v) is 16.9. The molecule has 2 heteroatoms. The topological polar surface area (TPSA) is 40.5 Å². The average Bonchev–Trinajstić information content (AvgIpc) is 3.11. The van der Waals surface area contributed by atoms with Gasteiger partial charge in [-0.05, 0) is 209 Å². The lowest BCUT2D eigenvalue weighted by Gasteiger charge is -2.10. The van der Waals surface area contributed by atoms with Crippen LogP contribution in [-0.4, -0.2) is 10.2 Å². The molecule has 0 saturated carbocycles.